The van der Waals surface area contributed by atoms with E-state index in [-0.39, 0.29) is 6.03 Å². The molecule has 0 spiro atoms. The SMILES string of the molecule is COC(=O)c1ccc(C)c(NC(=O)NCCSCc2cccs2)c1. The average Bonchev–Trinajstić information content (AvgIpc) is 3.09. The molecule has 0 aliphatic heterocycles. The summed E-state index contributed by atoms with van der Waals surface area (Å²) in [6.45, 7) is 2.45. The molecule has 0 aliphatic carbocycles. The maximum absolute atomic E-state index is 12.0. The summed E-state index contributed by atoms with van der Waals surface area (Å²) in [6, 6.07) is 8.93. The normalized spacial score (nSPS) is 10.2. The fraction of sp³-hybridized carbons (Fsp3) is 0.294. The smallest absolute Gasteiger partial charge is 0.337 e. The van der Waals surface area contributed by atoms with E-state index in [4.69, 9.17) is 0 Å². The number of anilines is 1. The predicted octanol–water partition coefficient (Wildman–Crippen LogP) is 3.90. The fourth-order valence-corrected chi connectivity index (χ4v) is 3.67. The molecule has 0 atom stereocenters. The van der Waals surface area contributed by atoms with Gasteiger partial charge in [0.25, 0.3) is 0 Å². The number of benzene rings is 1. The van der Waals surface area contributed by atoms with E-state index in [0.717, 1.165) is 17.1 Å². The number of urea groups is 1. The summed E-state index contributed by atoms with van der Waals surface area (Å²) in [4.78, 5) is 24.8. The molecule has 0 saturated heterocycles. The third-order valence-electron chi connectivity index (χ3n) is 3.26. The largest absolute Gasteiger partial charge is 0.465 e. The Balaban J connectivity index is 1.76. The number of hydrogen-bond acceptors (Lipinski definition) is 5. The summed E-state index contributed by atoms with van der Waals surface area (Å²) >= 11 is 3.52. The van der Waals surface area contributed by atoms with Gasteiger partial charge >= 0.3 is 12.0 Å². The van der Waals surface area contributed by atoms with Gasteiger partial charge in [0.2, 0.25) is 0 Å². The van der Waals surface area contributed by atoms with Crippen LogP contribution in [0, 0.1) is 6.92 Å². The zero-order chi connectivity index (χ0) is 17.4. The Hall–Kier alpha value is -1.99. The van der Waals surface area contributed by atoms with Crippen molar-refractivity contribution in [1.82, 2.24) is 5.32 Å². The first kappa shape index (κ1) is 18.4. The van der Waals surface area contributed by atoms with Crippen molar-refractivity contribution in [3.8, 4) is 0 Å². The van der Waals surface area contributed by atoms with Crippen LogP contribution in [0.25, 0.3) is 0 Å². The quantitative estimate of drug-likeness (QED) is 0.578. The summed E-state index contributed by atoms with van der Waals surface area (Å²) in [6.07, 6.45) is 0. The van der Waals surface area contributed by atoms with Crippen molar-refractivity contribution in [2.45, 2.75) is 12.7 Å². The standard InChI is InChI=1S/C17H20N2O3S2/c1-12-5-6-13(16(20)22-2)10-15(12)19-17(21)18-7-9-23-11-14-4-3-8-24-14/h3-6,8,10H,7,9,11H2,1-2H3,(H2,18,19,21). The molecule has 2 N–H and O–H groups in total. The summed E-state index contributed by atoms with van der Waals surface area (Å²) in [5.41, 5.74) is 1.89. The van der Waals surface area contributed by atoms with Crippen LogP contribution in [0.3, 0.4) is 0 Å². The first-order valence-corrected chi connectivity index (χ1v) is 9.47. The number of aryl methyl sites for hydroxylation is 1. The minimum Gasteiger partial charge on any atom is -0.465 e. The van der Waals surface area contributed by atoms with Gasteiger partial charge < -0.3 is 15.4 Å². The van der Waals surface area contributed by atoms with E-state index in [1.54, 1.807) is 41.3 Å². The van der Waals surface area contributed by atoms with Crippen LogP contribution in [-0.4, -0.2) is 31.4 Å². The lowest BCUT2D eigenvalue weighted by Gasteiger charge is -2.11. The Kier molecular flexibility index (Phi) is 7.14. The Bertz CT molecular complexity index is 687. The number of thioether (sulfide) groups is 1. The lowest BCUT2D eigenvalue weighted by molar-refractivity contribution is 0.0600. The van der Waals surface area contributed by atoms with Crippen molar-refractivity contribution < 1.29 is 14.3 Å². The molecule has 24 heavy (non-hydrogen) atoms. The molecule has 1 heterocycles. The van der Waals surface area contributed by atoms with Crippen LogP contribution in [0.2, 0.25) is 0 Å². The molecule has 2 rings (SSSR count). The highest BCUT2D eigenvalue weighted by molar-refractivity contribution is 7.98. The second kappa shape index (κ2) is 9.34. The third-order valence-corrected chi connectivity index (χ3v) is 5.33. The number of carbonyl (C=O) groups excluding carboxylic acids is 2. The second-order valence-corrected chi connectivity index (χ2v) is 7.17. The number of rotatable bonds is 7. The number of carbonyl (C=O) groups is 2. The topological polar surface area (TPSA) is 67.4 Å². The molecule has 1 aromatic carbocycles. The summed E-state index contributed by atoms with van der Waals surface area (Å²) in [7, 11) is 1.33. The molecular weight excluding hydrogens is 344 g/mol. The molecule has 0 unspecified atom stereocenters. The van der Waals surface area contributed by atoms with Crippen LogP contribution < -0.4 is 10.6 Å². The Morgan fingerprint density at radius 2 is 2.12 bits per heavy atom. The molecular formula is C17H20N2O3S2. The van der Waals surface area contributed by atoms with Crippen LogP contribution in [0.15, 0.2) is 35.7 Å². The van der Waals surface area contributed by atoms with Gasteiger partial charge in [-0.15, -0.1) is 11.3 Å². The number of thiophene rings is 1. The lowest BCUT2D eigenvalue weighted by Crippen LogP contribution is -2.30. The molecule has 0 aliphatic rings. The van der Waals surface area contributed by atoms with E-state index in [9.17, 15) is 9.59 Å². The van der Waals surface area contributed by atoms with Gasteiger partial charge in [0.15, 0.2) is 0 Å². The van der Waals surface area contributed by atoms with E-state index in [1.165, 1.54) is 12.0 Å². The second-order valence-electron chi connectivity index (χ2n) is 5.03. The number of esters is 1. The molecule has 2 amide bonds. The third kappa shape index (κ3) is 5.58. The zero-order valence-corrected chi connectivity index (χ0v) is 15.3. The molecule has 7 heteroatoms. The van der Waals surface area contributed by atoms with Gasteiger partial charge in [0, 0.05) is 28.6 Å². The van der Waals surface area contributed by atoms with Crippen molar-refractivity contribution >= 4 is 40.8 Å². The van der Waals surface area contributed by atoms with Gasteiger partial charge in [-0.3, -0.25) is 0 Å². The summed E-state index contributed by atoms with van der Waals surface area (Å²) < 4.78 is 4.69. The highest BCUT2D eigenvalue weighted by Crippen LogP contribution is 2.18. The molecule has 0 fully saturated rings. The number of nitrogens with one attached hydrogen (secondary N) is 2. The maximum Gasteiger partial charge on any atom is 0.337 e. The van der Waals surface area contributed by atoms with Gasteiger partial charge in [0.05, 0.1) is 12.7 Å². The van der Waals surface area contributed by atoms with Gasteiger partial charge in [0.1, 0.15) is 0 Å². The van der Waals surface area contributed by atoms with Crippen molar-refractivity contribution in [2.75, 3.05) is 24.7 Å². The van der Waals surface area contributed by atoms with Gasteiger partial charge in [-0.05, 0) is 36.1 Å². The number of methoxy groups -OCH3 is 1. The lowest BCUT2D eigenvalue weighted by atomic mass is 10.1. The van der Waals surface area contributed by atoms with E-state index < -0.39 is 5.97 Å². The minimum atomic E-state index is -0.427. The molecule has 1 aromatic heterocycles. The Morgan fingerprint density at radius 1 is 1.29 bits per heavy atom. The van der Waals surface area contributed by atoms with Crippen molar-refractivity contribution in [3.05, 3.63) is 51.7 Å². The monoisotopic (exact) mass is 364 g/mol. The fourth-order valence-electron chi connectivity index (χ4n) is 1.97. The van der Waals surface area contributed by atoms with Crippen molar-refractivity contribution in [3.63, 3.8) is 0 Å². The van der Waals surface area contributed by atoms with Crippen LogP contribution >= 0.6 is 23.1 Å². The van der Waals surface area contributed by atoms with Gasteiger partial charge in [-0.1, -0.05) is 12.1 Å². The predicted molar refractivity (Wildman–Crippen MR) is 100 cm³/mol. The van der Waals surface area contributed by atoms with E-state index in [1.807, 2.05) is 13.0 Å². The molecule has 0 radical (unpaired) electrons. The summed E-state index contributed by atoms with van der Waals surface area (Å²) in [5, 5.41) is 7.65. The van der Waals surface area contributed by atoms with Gasteiger partial charge in [-0.25, -0.2) is 9.59 Å². The number of ether oxygens (including phenoxy) is 1. The minimum absolute atomic E-state index is 0.281. The van der Waals surface area contributed by atoms with E-state index >= 15 is 0 Å². The molecule has 0 saturated carbocycles. The first-order chi connectivity index (χ1) is 11.6. The number of hydrogen-bond donors (Lipinski definition) is 2. The molecule has 2 aromatic rings. The highest BCUT2D eigenvalue weighted by atomic mass is 32.2. The zero-order valence-electron chi connectivity index (χ0n) is 13.6. The van der Waals surface area contributed by atoms with Crippen molar-refractivity contribution in [1.29, 1.82) is 0 Å². The summed E-state index contributed by atoms with van der Waals surface area (Å²) in [5.74, 6) is 1.37. The maximum atomic E-state index is 12.0. The van der Waals surface area contributed by atoms with Crippen LogP contribution in [0.5, 0.6) is 0 Å². The Labute approximate surface area is 149 Å². The highest BCUT2D eigenvalue weighted by Gasteiger charge is 2.10. The van der Waals surface area contributed by atoms with Crippen LogP contribution in [0.4, 0.5) is 10.5 Å². The Morgan fingerprint density at radius 3 is 2.83 bits per heavy atom. The molecule has 0 bridgehead atoms. The molecule has 128 valence electrons. The van der Waals surface area contributed by atoms with Crippen LogP contribution in [0.1, 0.15) is 20.8 Å². The molecule has 5 nitrogen and oxygen atoms in total. The number of amides is 2. The van der Waals surface area contributed by atoms with E-state index in [0.29, 0.717) is 17.8 Å². The van der Waals surface area contributed by atoms with Gasteiger partial charge in [-0.2, -0.15) is 11.8 Å². The van der Waals surface area contributed by atoms with Crippen molar-refractivity contribution in [2.24, 2.45) is 0 Å². The first-order valence-electron chi connectivity index (χ1n) is 7.44. The van der Waals surface area contributed by atoms with Crippen LogP contribution in [-0.2, 0) is 10.5 Å². The van der Waals surface area contributed by atoms with E-state index in [2.05, 4.69) is 26.8 Å². The average molecular weight is 364 g/mol.